The summed E-state index contributed by atoms with van der Waals surface area (Å²) in [5.41, 5.74) is 0. The first-order chi connectivity index (χ1) is 3.98. The molecule has 9 heavy (non-hydrogen) atoms. The Kier molecular flexibility index (Phi) is 3.91. The molecule has 1 radical (unpaired) electrons. The number of hydrogen-bond acceptors (Lipinski definition) is 0. The van der Waals surface area contributed by atoms with Crippen molar-refractivity contribution in [3.63, 3.8) is 0 Å². The summed E-state index contributed by atoms with van der Waals surface area (Å²) in [7, 11) is 0. The maximum Gasteiger partial charge on any atom is 0.0705 e. The Bertz CT molecular complexity index is 77.0. The number of alkyl halides is 1. The van der Waals surface area contributed by atoms with E-state index >= 15 is 0 Å². The van der Waals surface area contributed by atoms with Gasteiger partial charge in [-0.2, -0.15) is 0 Å². The van der Waals surface area contributed by atoms with Gasteiger partial charge in [-0.3, -0.25) is 0 Å². The van der Waals surface area contributed by atoms with E-state index in [1.807, 2.05) is 6.92 Å². The van der Waals surface area contributed by atoms with Gasteiger partial charge >= 0.3 is 0 Å². The van der Waals surface area contributed by atoms with Crippen molar-refractivity contribution in [1.82, 2.24) is 0 Å². The van der Waals surface area contributed by atoms with Crippen LogP contribution in [0.2, 0.25) is 0 Å². The smallest absolute Gasteiger partial charge is 0.0705 e. The van der Waals surface area contributed by atoms with Crippen molar-refractivity contribution < 1.29 is 0 Å². The van der Waals surface area contributed by atoms with Gasteiger partial charge in [-0.15, -0.1) is 23.2 Å². The minimum absolute atomic E-state index is 0.324. The minimum Gasteiger partial charge on any atom is -0.119 e. The molecular formula is C7H13Cl2. The Morgan fingerprint density at radius 3 is 2.11 bits per heavy atom. The molecule has 0 spiro atoms. The van der Waals surface area contributed by atoms with Gasteiger partial charge in [0.2, 0.25) is 0 Å². The van der Waals surface area contributed by atoms with Crippen LogP contribution in [0.4, 0.5) is 0 Å². The van der Waals surface area contributed by atoms with Gasteiger partial charge in [0.25, 0.3) is 0 Å². The maximum absolute atomic E-state index is 5.93. The molecule has 0 nitrogen and oxygen atoms in total. The van der Waals surface area contributed by atoms with Gasteiger partial charge in [-0.05, 0) is 19.3 Å². The lowest BCUT2D eigenvalue weighted by atomic mass is 10.00. The van der Waals surface area contributed by atoms with Gasteiger partial charge in [-0.1, -0.05) is 13.8 Å². The molecule has 0 aromatic heterocycles. The van der Waals surface area contributed by atoms with Gasteiger partial charge in [0.15, 0.2) is 0 Å². The van der Waals surface area contributed by atoms with E-state index in [1.54, 1.807) is 0 Å². The second-order valence-corrected chi connectivity index (χ2v) is 4.07. The molecule has 0 N–H and O–H groups in total. The van der Waals surface area contributed by atoms with E-state index in [4.69, 9.17) is 23.2 Å². The summed E-state index contributed by atoms with van der Waals surface area (Å²) in [5, 5.41) is 0. The standard InChI is InChI=1S/C7H13Cl2/c1-6(2)4-7(3,9)5-8/h5-6H,4H2,1-3H3. The Balaban J connectivity index is 3.58. The van der Waals surface area contributed by atoms with E-state index in [2.05, 4.69) is 13.8 Å². The van der Waals surface area contributed by atoms with Gasteiger partial charge < -0.3 is 0 Å². The molecular weight excluding hydrogens is 155 g/mol. The fraction of sp³-hybridized carbons (Fsp3) is 0.857. The van der Waals surface area contributed by atoms with Crippen LogP contribution in [0.5, 0.6) is 0 Å². The molecule has 0 fully saturated rings. The molecule has 0 rings (SSSR count). The largest absolute Gasteiger partial charge is 0.119 e. The first kappa shape index (κ1) is 9.58. The molecule has 0 aromatic carbocycles. The van der Waals surface area contributed by atoms with Gasteiger partial charge in [0.05, 0.1) is 10.8 Å². The van der Waals surface area contributed by atoms with Gasteiger partial charge in [0, 0.05) is 0 Å². The van der Waals surface area contributed by atoms with Crippen LogP contribution in [0.15, 0.2) is 0 Å². The predicted octanol–water partition coefficient (Wildman–Crippen LogP) is 3.43. The fourth-order valence-electron chi connectivity index (χ4n) is 0.843. The summed E-state index contributed by atoms with van der Waals surface area (Å²) in [5.74, 6) is 2.12. The summed E-state index contributed by atoms with van der Waals surface area (Å²) in [6.07, 6.45) is 0.929. The molecule has 1 atom stereocenters. The van der Waals surface area contributed by atoms with E-state index in [0.29, 0.717) is 5.92 Å². The molecule has 0 saturated heterocycles. The number of rotatable bonds is 3. The van der Waals surface area contributed by atoms with E-state index in [-0.39, 0.29) is 4.87 Å². The molecule has 0 bridgehead atoms. The van der Waals surface area contributed by atoms with Crippen molar-refractivity contribution in [2.45, 2.75) is 32.1 Å². The third-order valence-electron chi connectivity index (χ3n) is 1.03. The first-order valence-corrected chi connectivity index (χ1v) is 3.93. The second kappa shape index (κ2) is 3.68. The van der Waals surface area contributed by atoms with Gasteiger partial charge in [-0.25, -0.2) is 0 Å². The minimum atomic E-state index is -0.324. The topological polar surface area (TPSA) is 0 Å². The van der Waals surface area contributed by atoms with Crippen molar-refractivity contribution >= 4 is 23.2 Å². The lowest BCUT2D eigenvalue weighted by Crippen LogP contribution is -2.16. The summed E-state index contributed by atoms with van der Waals surface area (Å²) < 4.78 is 0. The summed E-state index contributed by atoms with van der Waals surface area (Å²) in [6, 6.07) is 0. The Morgan fingerprint density at radius 2 is 2.00 bits per heavy atom. The Hall–Kier alpha value is 0.580. The molecule has 0 aliphatic rings. The zero-order valence-corrected chi connectivity index (χ0v) is 7.63. The SMILES string of the molecule is CC(C)CC(C)(Cl)[CH]Cl. The zero-order valence-electron chi connectivity index (χ0n) is 6.12. The molecule has 0 amide bonds. The average Bonchev–Trinajstić information content (AvgIpc) is 1.63. The van der Waals surface area contributed by atoms with Crippen molar-refractivity contribution in [2.75, 3.05) is 0 Å². The van der Waals surface area contributed by atoms with Crippen molar-refractivity contribution in [3.05, 3.63) is 5.88 Å². The van der Waals surface area contributed by atoms with Crippen LogP contribution >= 0.6 is 23.2 Å². The highest BCUT2D eigenvalue weighted by molar-refractivity contribution is 6.34. The van der Waals surface area contributed by atoms with E-state index in [1.165, 1.54) is 5.88 Å². The predicted molar refractivity (Wildman–Crippen MR) is 43.9 cm³/mol. The van der Waals surface area contributed by atoms with Crippen LogP contribution in [0.1, 0.15) is 27.2 Å². The highest BCUT2D eigenvalue weighted by Crippen LogP contribution is 2.27. The second-order valence-electron chi connectivity index (χ2n) is 2.99. The third kappa shape index (κ3) is 5.05. The van der Waals surface area contributed by atoms with Crippen LogP contribution in [0, 0.1) is 11.8 Å². The molecule has 1 unspecified atom stereocenters. The first-order valence-electron chi connectivity index (χ1n) is 3.11. The normalized spacial score (nSPS) is 18.0. The Labute approximate surface area is 67.5 Å². The van der Waals surface area contributed by atoms with E-state index < -0.39 is 0 Å². The average molecular weight is 168 g/mol. The lowest BCUT2D eigenvalue weighted by molar-refractivity contribution is 0.518. The quantitative estimate of drug-likeness (QED) is 0.566. The highest BCUT2D eigenvalue weighted by Gasteiger charge is 2.20. The summed E-state index contributed by atoms with van der Waals surface area (Å²) in [6.45, 7) is 6.17. The monoisotopic (exact) mass is 167 g/mol. The fourth-order valence-corrected chi connectivity index (χ4v) is 1.24. The molecule has 55 valence electrons. The van der Waals surface area contributed by atoms with Crippen LogP contribution in [0.25, 0.3) is 0 Å². The van der Waals surface area contributed by atoms with E-state index in [0.717, 1.165) is 6.42 Å². The van der Waals surface area contributed by atoms with Crippen LogP contribution in [0.3, 0.4) is 0 Å². The van der Waals surface area contributed by atoms with Crippen molar-refractivity contribution in [2.24, 2.45) is 5.92 Å². The van der Waals surface area contributed by atoms with Crippen LogP contribution in [-0.2, 0) is 0 Å². The molecule has 2 heteroatoms. The molecule has 0 heterocycles. The van der Waals surface area contributed by atoms with Gasteiger partial charge in [0.1, 0.15) is 0 Å². The number of halogens is 2. The van der Waals surface area contributed by atoms with Crippen molar-refractivity contribution in [1.29, 1.82) is 0 Å². The summed E-state index contributed by atoms with van der Waals surface area (Å²) >= 11 is 11.4. The Morgan fingerprint density at radius 1 is 1.56 bits per heavy atom. The number of hydrogen-bond donors (Lipinski definition) is 0. The third-order valence-corrected chi connectivity index (χ3v) is 1.89. The zero-order chi connectivity index (χ0) is 7.49. The molecule has 0 aliphatic carbocycles. The van der Waals surface area contributed by atoms with Crippen molar-refractivity contribution in [3.8, 4) is 0 Å². The lowest BCUT2D eigenvalue weighted by Gasteiger charge is -2.19. The molecule has 0 saturated carbocycles. The van der Waals surface area contributed by atoms with Crippen LogP contribution < -0.4 is 0 Å². The van der Waals surface area contributed by atoms with E-state index in [9.17, 15) is 0 Å². The molecule has 0 aliphatic heterocycles. The maximum atomic E-state index is 5.93. The highest BCUT2D eigenvalue weighted by atomic mass is 35.5. The van der Waals surface area contributed by atoms with Crippen LogP contribution in [-0.4, -0.2) is 4.87 Å². The molecule has 0 aromatic rings. The summed E-state index contributed by atoms with van der Waals surface area (Å²) in [4.78, 5) is -0.324.